The maximum atomic E-state index is 12.4. The summed E-state index contributed by atoms with van der Waals surface area (Å²) in [5.41, 5.74) is 2.12. The largest absolute Gasteiger partial charge is 0.344 e. The molecule has 3 rings (SSSR count). The number of hydrogen-bond donors (Lipinski definition) is 1. The van der Waals surface area contributed by atoms with Crippen LogP contribution >= 0.6 is 0 Å². The van der Waals surface area contributed by atoms with E-state index in [1.807, 2.05) is 26.0 Å². The Labute approximate surface area is 121 Å². The number of aryl methyl sites for hydroxylation is 1. The second-order valence-corrected chi connectivity index (χ2v) is 4.73. The van der Waals surface area contributed by atoms with Crippen LogP contribution in [-0.2, 0) is 0 Å². The monoisotopic (exact) mass is 282 g/mol. The quantitative estimate of drug-likeness (QED) is 0.783. The number of nitrogens with zero attached hydrogens (tertiary/aromatic N) is 5. The van der Waals surface area contributed by atoms with E-state index in [1.165, 1.54) is 10.8 Å². The van der Waals surface area contributed by atoms with Gasteiger partial charge in [-0.25, -0.2) is 4.98 Å². The van der Waals surface area contributed by atoms with Gasteiger partial charge in [0.1, 0.15) is 12.0 Å². The zero-order valence-electron chi connectivity index (χ0n) is 11.7. The highest BCUT2D eigenvalue weighted by Gasteiger charge is 2.16. The molecule has 0 saturated carbocycles. The SMILES string of the molecule is Cc1cc(C(=O)NC(C)c2ccncc2)n2ncnc2n1. The average Bonchev–Trinajstić information content (AvgIpc) is 2.95. The Morgan fingerprint density at radius 1 is 1.33 bits per heavy atom. The van der Waals surface area contributed by atoms with Crippen molar-refractivity contribution in [3.8, 4) is 0 Å². The van der Waals surface area contributed by atoms with Crippen LogP contribution in [0.4, 0.5) is 0 Å². The predicted molar refractivity (Wildman–Crippen MR) is 75.6 cm³/mol. The molecule has 1 amide bonds. The average molecular weight is 282 g/mol. The standard InChI is InChI=1S/C14H14N6O/c1-9-7-12(20-14(18-9)16-8-17-20)13(21)19-10(2)11-3-5-15-6-4-11/h3-8,10H,1-2H3,(H,19,21). The van der Waals surface area contributed by atoms with Crippen LogP contribution in [-0.4, -0.2) is 30.5 Å². The van der Waals surface area contributed by atoms with E-state index in [4.69, 9.17) is 0 Å². The van der Waals surface area contributed by atoms with Crippen LogP contribution < -0.4 is 5.32 Å². The fraction of sp³-hybridized carbons (Fsp3) is 0.214. The Bertz CT molecular complexity index is 783. The molecule has 0 radical (unpaired) electrons. The van der Waals surface area contributed by atoms with Crippen molar-refractivity contribution in [3.63, 3.8) is 0 Å². The molecule has 3 aromatic heterocycles. The second kappa shape index (κ2) is 5.28. The molecule has 21 heavy (non-hydrogen) atoms. The number of carbonyl (C=O) groups is 1. The van der Waals surface area contributed by atoms with Gasteiger partial charge in [-0.15, -0.1) is 0 Å². The van der Waals surface area contributed by atoms with Gasteiger partial charge in [-0.3, -0.25) is 9.78 Å². The smallest absolute Gasteiger partial charge is 0.270 e. The summed E-state index contributed by atoms with van der Waals surface area (Å²) in [5.74, 6) is 0.192. The molecule has 3 heterocycles. The van der Waals surface area contributed by atoms with Gasteiger partial charge in [0.15, 0.2) is 0 Å². The lowest BCUT2D eigenvalue weighted by Gasteiger charge is -2.14. The molecular weight excluding hydrogens is 268 g/mol. The lowest BCUT2D eigenvalue weighted by molar-refractivity contribution is 0.0932. The maximum absolute atomic E-state index is 12.4. The highest BCUT2D eigenvalue weighted by molar-refractivity contribution is 5.93. The van der Waals surface area contributed by atoms with E-state index in [1.54, 1.807) is 18.5 Å². The van der Waals surface area contributed by atoms with E-state index in [-0.39, 0.29) is 11.9 Å². The van der Waals surface area contributed by atoms with Gasteiger partial charge < -0.3 is 5.32 Å². The molecule has 7 heteroatoms. The Kier molecular flexibility index (Phi) is 3.31. The molecule has 0 fully saturated rings. The van der Waals surface area contributed by atoms with Crippen molar-refractivity contribution in [2.45, 2.75) is 19.9 Å². The first-order valence-corrected chi connectivity index (χ1v) is 6.53. The molecule has 106 valence electrons. The summed E-state index contributed by atoms with van der Waals surface area (Å²) in [6.07, 6.45) is 4.78. The number of rotatable bonds is 3. The van der Waals surface area contributed by atoms with Crippen LogP contribution in [0.5, 0.6) is 0 Å². The first kappa shape index (κ1) is 13.2. The lowest BCUT2D eigenvalue weighted by Crippen LogP contribution is -2.28. The van der Waals surface area contributed by atoms with E-state index in [0.717, 1.165) is 11.3 Å². The molecule has 1 N–H and O–H groups in total. The van der Waals surface area contributed by atoms with Gasteiger partial charge >= 0.3 is 0 Å². The predicted octanol–water partition coefficient (Wildman–Crippen LogP) is 1.32. The molecule has 0 saturated heterocycles. The van der Waals surface area contributed by atoms with Crippen molar-refractivity contribution in [2.75, 3.05) is 0 Å². The number of pyridine rings is 1. The first-order chi connectivity index (χ1) is 10.1. The number of aromatic nitrogens is 5. The zero-order valence-corrected chi connectivity index (χ0v) is 11.7. The molecule has 0 bridgehead atoms. The Balaban J connectivity index is 1.89. The van der Waals surface area contributed by atoms with Crippen molar-refractivity contribution in [1.29, 1.82) is 0 Å². The highest BCUT2D eigenvalue weighted by atomic mass is 16.2. The zero-order chi connectivity index (χ0) is 14.8. The third-order valence-corrected chi connectivity index (χ3v) is 3.17. The van der Waals surface area contributed by atoms with Crippen molar-refractivity contribution >= 4 is 11.7 Å². The summed E-state index contributed by atoms with van der Waals surface area (Å²) < 4.78 is 1.43. The van der Waals surface area contributed by atoms with E-state index < -0.39 is 0 Å². The summed E-state index contributed by atoms with van der Waals surface area (Å²) in [7, 11) is 0. The van der Waals surface area contributed by atoms with Gasteiger partial charge in [0.25, 0.3) is 11.7 Å². The number of nitrogens with one attached hydrogen (secondary N) is 1. The summed E-state index contributed by atoms with van der Waals surface area (Å²) in [6, 6.07) is 5.30. The minimum absolute atomic E-state index is 0.132. The van der Waals surface area contributed by atoms with Crippen LogP contribution in [0, 0.1) is 6.92 Å². The minimum Gasteiger partial charge on any atom is -0.344 e. The van der Waals surface area contributed by atoms with Gasteiger partial charge in [0, 0.05) is 18.1 Å². The van der Waals surface area contributed by atoms with Gasteiger partial charge in [0.05, 0.1) is 6.04 Å². The molecule has 0 aliphatic carbocycles. The van der Waals surface area contributed by atoms with Crippen molar-refractivity contribution in [1.82, 2.24) is 29.9 Å². The molecule has 0 aromatic carbocycles. The molecule has 0 aliphatic rings. The minimum atomic E-state index is -0.222. The summed E-state index contributed by atoms with van der Waals surface area (Å²) in [4.78, 5) is 24.6. The van der Waals surface area contributed by atoms with Crippen LogP contribution in [0.2, 0.25) is 0 Å². The van der Waals surface area contributed by atoms with Crippen LogP contribution in [0.15, 0.2) is 36.9 Å². The maximum Gasteiger partial charge on any atom is 0.270 e. The fourth-order valence-electron chi connectivity index (χ4n) is 2.10. The number of hydrogen-bond acceptors (Lipinski definition) is 5. The van der Waals surface area contributed by atoms with E-state index in [0.29, 0.717) is 11.5 Å². The molecule has 7 nitrogen and oxygen atoms in total. The Morgan fingerprint density at radius 3 is 2.86 bits per heavy atom. The van der Waals surface area contributed by atoms with Crippen LogP contribution in [0.1, 0.15) is 34.7 Å². The van der Waals surface area contributed by atoms with Gasteiger partial charge in [0.2, 0.25) is 0 Å². The summed E-state index contributed by atoms with van der Waals surface area (Å²) in [6.45, 7) is 3.73. The molecule has 0 aliphatic heterocycles. The van der Waals surface area contributed by atoms with Crippen molar-refractivity contribution < 1.29 is 4.79 Å². The van der Waals surface area contributed by atoms with Gasteiger partial charge in [-0.2, -0.15) is 14.6 Å². The van der Waals surface area contributed by atoms with Crippen LogP contribution in [0.3, 0.4) is 0 Å². The van der Waals surface area contributed by atoms with Crippen molar-refractivity contribution in [2.24, 2.45) is 0 Å². The van der Waals surface area contributed by atoms with E-state index >= 15 is 0 Å². The molecule has 3 aromatic rings. The summed E-state index contributed by atoms with van der Waals surface area (Å²) >= 11 is 0. The van der Waals surface area contributed by atoms with E-state index in [9.17, 15) is 4.79 Å². The molecule has 1 unspecified atom stereocenters. The molecule has 0 spiro atoms. The van der Waals surface area contributed by atoms with Gasteiger partial charge in [-0.05, 0) is 37.6 Å². The number of carbonyl (C=O) groups excluding carboxylic acids is 1. The lowest BCUT2D eigenvalue weighted by atomic mass is 10.1. The van der Waals surface area contributed by atoms with Crippen molar-refractivity contribution in [3.05, 3.63) is 53.9 Å². The topological polar surface area (TPSA) is 85.1 Å². The third kappa shape index (κ3) is 2.58. The third-order valence-electron chi connectivity index (χ3n) is 3.17. The highest BCUT2D eigenvalue weighted by Crippen LogP contribution is 2.12. The van der Waals surface area contributed by atoms with E-state index in [2.05, 4.69) is 25.4 Å². The Hall–Kier alpha value is -2.83. The second-order valence-electron chi connectivity index (χ2n) is 4.73. The van der Waals surface area contributed by atoms with Gasteiger partial charge in [-0.1, -0.05) is 0 Å². The number of amides is 1. The Morgan fingerprint density at radius 2 is 2.10 bits per heavy atom. The molecule has 1 atom stereocenters. The normalized spacial score (nSPS) is 12.3. The summed E-state index contributed by atoms with van der Waals surface area (Å²) in [5, 5.41) is 6.97. The first-order valence-electron chi connectivity index (χ1n) is 6.53. The van der Waals surface area contributed by atoms with Crippen LogP contribution in [0.25, 0.3) is 5.78 Å². The fourth-order valence-corrected chi connectivity index (χ4v) is 2.10. The number of fused-ring (bicyclic) bond motifs is 1. The molecular formula is C14H14N6O.